The lowest BCUT2D eigenvalue weighted by molar-refractivity contribution is 0.586. The van der Waals surface area contributed by atoms with Gasteiger partial charge in [0.05, 0.1) is 23.9 Å². The molecule has 1 aliphatic heterocycles. The molecule has 1 aromatic heterocycles. The first-order valence-corrected chi connectivity index (χ1v) is 6.42. The predicted octanol–water partition coefficient (Wildman–Crippen LogP) is -0.706. The molecule has 1 aromatic rings. The van der Waals surface area contributed by atoms with E-state index in [0.29, 0.717) is 24.7 Å². The number of hydrogen-bond donors (Lipinski definition) is 1. The molecule has 1 aliphatic rings. The van der Waals surface area contributed by atoms with Crippen molar-refractivity contribution in [3.63, 3.8) is 0 Å². The van der Waals surface area contributed by atoms with Crippen LogP contribution >= 0.6 is 0 Å². The van der Waals surface area contributed by atoms with Gasteiger partial charge >= 0.3 is 0 Å². The highest BCUT2D eigenvalue weighted by Gasteiger charge is 2.22. The largest absolute Gasteiger partial charge is 0.382 e. The van der Waals surface area contributed by atoms with E-state index in [4.69, 9.17) is 5.73 Å². The fourth-order valence-corrected chi connectivity index (χ4v) is 2.67. The van der Waals surface area contributed by atoms with Crippen LogP contribution in [0, 0.1) is 0 Å². The van der Waals surface area contributed by atoms with E-state index in [1.54, 1.807) is 6.20 Å². The molecule has 2 heterocycles. The van der Waals surface area contributed by atoms with Crippen LogP contribution in [0.3, 0.4) is 0 Å². The maximum atomic E-state index is 11.2. The molecule has 0 amide bonds. The minimum atomic E-state index is -2.85. The second-order valence-electron chi connectivity index (χ2n) is 3.44. The number of anilines is 2. The summed E-state index contributed by atoms with van der Waals surface area (Å²) in [5, 5.41) is 0. The number of nitrogens with two attached hydrogens (primary N) is 1. The van der Waals surface area contributed by atoms with Crippen molar-refractivity contribution in [1.82, 2.24) is 9.97 Å². The van der Waals surface area contributed by atoms with Gasteiger partial charge in [-0.1, -0.05) is 0 Å². The second-order valence-corrected chi connectivity index (χ2v) is 5.74. The SMILES string of the molecule is Nc1cncc(N2CCS(=O)(=O)CC2)n1. The van der Waals surface area contributed by atoms with E-state index in [0.717, 1.165) is 0 Å². The molecule has 0 aromatic carbocycles. The molecule has 1 saturated heterocycles. The summed E-state index contributed by atoms with van der Waals surface area (Å²) in [5.74, 6) is 1.33. The second kappa shape index (κ2) is 3.65. The van der Waals surface area contributed by atoms with Crippen LogP contribution < -0.4 is 10.6 Å². The number of nitrogen functional groups attached to an aromatic ring is 1. The summed E-state index contributed by atoms with van der Waals surface area (Å²) >= 11 is 0. The Bertz CT molecular complexity index is 445. The van der Waals surface area contributed by atoms with Gasteiger partial charge in [0.15, 0.2) is 9.84 Å². The minimum Gasteiger partial charge on any atom is -0.382 e. The molecule has 1 fully saturated rings. The van der Waals surface area contributed by atoms with Gasteiger partial charge in [0.2, 0.25) is 0 Å². The molecule has 0 atom stereocenters. The average molecular weight is 228 g/mol. The van der Waals surface area contributed by atoms with Gasteiger partial charge in [-0.15, -0.1) is 0 Å². The van der Waals surface area contributed by atoms with Gasteiger partial charge in [0, 0.05) is 13.1 Å². The molecule has 0 aliphatic carbocycles. The Balaban J connectivity index is 2.14. The smallest absolute Gasteiger partial charge is 0.153 e. The molecule has 0 spiro atoms. The summed E-state index contributed by atoms with van der Waals surface area (Å²) in [6.07, 6.45) is 3.05. The lowest BCUT2D eigenvalue weighted by Gasteiger charge is -2.27. The van der Waals surface area contributed by atoms with Gasteiger partial charge in [-0.2, -0.15) is 0 Å². The lowest BCUT2D eigenvalue weighted by atomic mass is 10.4. The van der Waals surface area contributed by atoms with Crippen LogP contribution in [0.25, 0.3) is 0 Å². The molecule has 6 nitrogen and oxygen atoms in total. The third kappa shape index (κ3) is 2.35. The van der Waals surface area contributed by atoms with Crippen molar-refractivity contribution in [3.8, 4) is 0 Å². The highest BCUT2D eigenvalue weighted by atomic mass is 32.2. The minimum absolute atomic E-state index is 0.170. The molecule has 15 heavy (non-hydrogen) atoms. The van der Waals surface area contributed by atoms with Gasteiger partial charge in [-0.25, -0.2) is 13.4 Å². The summed E-state index contributed by atoms with van der Waals surface area (Å²) in [6.45, 7) is 0.918. The van der Waals surface area contributed by atoms with Crippen molar-refractivity contribution < 1.29 is 8.42 Å². The lowest BCUT2D eigenvalue weighted by Crippen LogP contribution is -2.40. The van der Waals surface area contributed by atoms with Crippen LogP contribution in [0.1, 0.15) is 0 Å². The van der Waals surface area contributed by atoms with Gasteiger partial charge < -0.3 is 10.6 Å². The van der Waals surface area contributed by atoms with Crippen molar-refractivity contribution >= 4 is 21.5 Å². The fraction of sp³-hybridized carbons (Fsp3) is 0.500. The Morgan fingerprint density at radius 2 is 1.93 bits per heavy atom. The van der Waals surface area contributed by atoms with Crippen molar-refractivity contribution in [2.45, 2.75) is 0 Å². The van der Waals surface area contributed by atoms with Crippen molar-refractivity contribution in [2.75, 3.05) is 35.2 Å². The Morgan fingerprint density at radius 3 is 2.53 bits per heavy atom. The molecular formula is C8H12N4O2S. The van der Waals surface area contributed by atoms with Crippen LogP contribution in [0.2, 0.25) is 0 Å². The molecule has 2 N–H and O–H groups in total. The Hall–Kier alpha value is -1.37. The number of sulfone groups is 1. The molecule has 0 radical (unpaired) electrons. The molecule has 7 heteroatoms. The Labute approximate surface area is 88.0 Å². The van der Waals surface area contributed by atoms with Crippen molar-refractivity contribution in [1.29, 1.82) is 0 Å². The molecule has 2 rings (SSSR count). The van der Waals surface area contributed by atoms with Crippen molar-refractivity contribution in [3.05, 3.63) is 12.4 Å². The maximum Gasteiger partial charge on any atom is 0.153 e. The van der Waals surface area contributed by atoms with E-state index in [1.165, 1.54) is 6.20 Å². The van der Waals surface area contributed by atoms with Crippen molar-refractivity contribution in [2.24, 2.45) is 0 Å². The summed E-state index contributed by atoms with van der Waals surface area (Å²) in [5.41, 5.74) is 5.50. The summed E-state index contributed by atoms with van der Waals surface area (Å²) in [6, 6.07) is 0. The predicted molar refractivity (Wildman–Crippen MR) is 57.3 cm³/mol. The van der Waals surface area contributed by atoms with Crippen LogP contribution in [0.4, 0.5) is 11.6 Å². The van der Waals surface area contributed by atoms with E-state index < -0.39 is 9.84 Å². The highest BCUT2D eigenvalue weighted by Crippen LogP contribution is 2.14. The van der Waals surface area contributed by atoms with Crippen LogP contribution in [0.15, 0.2) is 12.4 Å². The number of nitrogens with zero attached hydrogens (tertiary/aromatic N) is 3. The first kappa shape index (κ1) is 10.2. The van der Waals surface area contributed by atoms with Gasteiger partial charge in [0.25, 0.3) is 0 Å². The highest BCUT2D eigenvalue weighted by molar-refractivity contribution is 7.91. The number of hydrogen-bond acceptors (Lipinski definition) is 6. The summed E-state index contributed by atoms with van der Waals surface area (Å²) in [7, 11) is -2.85. The average Bonchev–Trinajstić information content (AvgIpc) is 2.17. The topological polar surface area (TPSA) is 89.2 Å². The monoisotopic (exact) mass is 228 g/mol. The maximum absolute atomic E-state index is 11.2. The van der Waals surface area contributed by atoms with E-state index in [-0.39, 0.29) is 11.5 Å². The summed E-state index contributed by atoms with van der Waals surface area (Å²) in [4.78, 5) is 9.89. The third-order valence-electron chi connectivity index (χ3n) is 2.31. The standard InChI is InChI=1S/C8H12N4O2S/c9-7-5-10-6-8(11-7)12-1-3-15(13,14)4-2-12/h5-6H,1-4H2,(H2,9,11). The third-order valence-corrected chi connectivity index (χ3v) is 3.92. The first-order chi connectivity index (χ1) is 7.07. The zero-order valence-corrected chi connectivity index (χ0v) is 8.94. The van der Waals surface area contributed by atoms with Crippen LogP contribution in [0.5, 0.6) is 0 Å². The summed E-state index contributed by atoms with van der Waals surface area (Å²) < 4.78 is 22.4. The molecule has 0 saturated carbocycles. The molecule has 82 valence electrons. The zero-order valence-electron chi connectivity index (χ0n) is 8.13. The van der Waals surface area contributed by atoms with E-state index in [9.17, 15) is 8.42 Å². The molecular weight excluding hydrogens is 216 g/mol. The van der Waals surface area contributed by atoms with Gasteiger partial charge in [0.1, 0.15) is 11.6 Å². The fourth-order valence-electron chi connectivity index (χ4n) is 1.46. The molecule has 0 unspecified atom stereocenters. The zero-order chi connectivity index (χ0) is 10.9. The Morgan fingerprint density at radius 1 is 1.27 bits per heavy atom. The number of aromatic nitrogens is 2. The van der Waals surface area contributed by atoms with Gasteiger partial charge in [-0.3, -0.25) is 4.98 Å². The Kier molecular flexibility index (Phi) is 2.47. The first-order valence-electron chi connectivity index (χ1n) is 4.60. The molecule has 0 bridgehead atoms. The van der Waals surface area contributed by atoms with E-state index >= 15 is 0 Å². The quantitative estimate of drug-likeness (QED) is 0.683. The van der Waals surface area contributed by atoms with E-state index in [1.807, 2.05) is 4.90 Å². The normalized spacial score (nSPS) is 20.1. The van der Waals surface area contributed by atoms with Crippen LogP contribution in [-0.4, -0.2) is 43.0 Å². The van der Waals surface area contributed by atoms with Crippen LogP contribution in [-0.2, 0) is 9.84 Å². The van der Waals surface area contributed by atoms with Gasteiger partial charge in [-0.05, 0) is 0 Å². The van der Waals surface area contributed by atoms with E-state index in [2.05, 4.69) is 9.97 Å². The number of rotatable bonds is 1.